The lowest BCUT2D eigenvalue weighted by atomic mass is 10.0. The van der Waals surface area contributed by atoms with Crippen LogP contribution in [-0.4, -0.2) is 11.0 Å². The van der Waals surface area contributed by atoms with Gasteiger partial charge >= 0.3 is 0 Å². The van der Waals surface area contributed by atoms with Gasteiger partial charge in [-0.1, -0.05) is 78.9 Å². The second-order valence-electron chi connectivity index (χ2n) is 7.15. The average molecular weight is 439 g/mol. The van der Waals surface area contributed by atoms with Crippen LogP contribution < -0.4 is 15.4 Å². The summed E-state index contributed by atoms with van der Waals surface area (Å²) in [6.45, 7) is 0.477. The first kappa shape index (κ1) is 21.3. The molecule has 0 unspecified atom stereocenters. The Labute approximate surface area is 192 Å². The van der Waals surface area contributed by atoms with Gasteiger partial charge in [0.1, 0.15) is 12.4 Å². The van der Waals surface area contributed by atoms with E-state index in [-0.39, 0.29) is 11.0 Å². The predicted octanol–water partition coefficient (Wildman–Crippen LogP) is 6.06. The lowest BCUT2D eigenvalue weighted by molar-refractivity contribution is 0.0978. The molecule has 0 atom stereocenters. The first-order chi connectivity index (χ1) is 15.7. The lowest BCUT2D eigenvalue weighted by Gasteiger charge is -2.12. The van der Waals surface area contributed by atoms with Gasteiger partial charge in [0.2, 0.25) is 0 Å². The number of thiocarbonyl (C=S) groups is 1. The van der Waals surface area contributed by atoms with E-state index in [1.165, 1.54) is 0 Å². The molecule has 4 aromatic carbocycles. The van der Waals surface area contributed by atoms with Crippen molar-refractivity contribution in [3.63, 3.8) is 0 Å². The number of carbonyl (C=O) groups excluding carboxylic acids is 1. The molecule has 4 rings (SSSR count). The molecule has 0 aliphatic rings. The summed E-state index contributed by atoms with van der Waals surface area (Å²) in [6.07, 6.45) is 0. The molecule has 0 aliphatic heterocycles. The molecule has 0 fully saturated rings. The number of benzene rings is 4. The third kappa shape index (κ3) is 5.80. The van der Waals surface area contributed by atoms with E-state index in [9.17, 15) is 4.79 Å². The van der Waals surface area contributed by atoms with E-state index < -0.39 is 0 Å². The second kappa shape index (κ2) is 10.4. The maximum Gasteiger partial charge on any atom is 0.257 e. The SMILES string of the molecule is O=C(NC(=S)Nc1cccc(OCc2ccccc2)c1)c1ccc(-c2ccccc2)cc1. The fourth-order valence-electron chi connectivity index (χ4n) is 3.19. The van der Waals surface area contributed by atoms with Crippen molar-refractivity contribution in [2.24, 2.45) is 0 Å². The van der Waals surface area contributed by atoms with E-state index in [0.717, 1.165) is 22.4 Å². The summed E-state index contributed by atoms with van der Waals surface area (Å²) in [5.74, 6) is 0.447. The first-order valence-corrected chi connectivity index (χ1v) is 10.6. The number of nitrogens with one attached hydrogen (secondary N) is 2. The van der Waals surface area contributed by atoms with Crippen molar-refractivity contribution >= 4 is 28.9 Å². The van der Waals surface area contributed by atoms with E-state index in [1.807, 2.05) is 97.1 Å². The Balaban J connectivity index is 1.32. The zero-order valence-electron chi connectivity index (χ0n) is 17.3. The monoisotopic (exact) mass is 438 g/mol. The zero-order valence-corrected chi connectivity index (χ0v) is 18.1. The molecule has 0 heterocycles. The van der Waals surface area contributed by atoms with E-state index >= 15 is 0 Å². The Hall–Kier alpha value is -3.96. The summed E-state index contributed by atoms with van der Waals surface area (Å²) in [5.41, 5.74) is 4.52. The van der Waals surface area contributed by atoms with Crippen LogP contribution in [0.4, 0.5) is 5.69 Å². The Morgan fingerprint density at radius 2 is 1.41 bits per heavy atom. The van der Waals surface area contributed by atoms with Crippen LogP contribution >= 0.6 is 12.2 Å². The zero-order chi connectivity index (χ0) is 22.2. The largest absolute Gasteiger partial charge is 0.489 e. The smallest absolute Gasteiger partial charge is 0.257 e. The van der Waals surface area contributed by atoms with Crippen LogP contribution in [0.15, 0.2) is 109 Å². The van der Waals surface area contributed by atoms with Gasteiger partial charge in [0, 0.05) is 17.3 Å². The number of ether oxygens (including phenoxy) is 1. The van der Waals surface area contributed by atoms with E-state index in [2.05, 4.69) is 10.6 Å². The minimum Gasteiger partial charge on any atom is -0.489 e. The number of anilines is 1. The fourth-order valence-corrected chi connectivity index (χ4v) is 3.40. The van der Waals surface area contributed by atoms with E-state index in [0.29, 0.717) is 17.9 Å². The number of carbonyl (C=O) groups is 1. The highest BCUT2D eigenvalue weighted by atomic mass is 32.1. The number of hydrogen-bond acceptors (Lipinski definition) is 3. The van der Waals surface area contributed by atoms with Gasteiger partial charge in [0.05, 0.1) is 0 Å². The van der Waals surface area contributed by atoms with Crippen molar-refractivity contribution in [1.29, 1.82) is 0 Å². The quantitative estimate of drug-likeness (QED) is 0.359. The van der Waals surface area contributed by atoms with Crippen LogP contribution in [0, 0.1) is 0 Å². The average Bonchev–Trinajstić information content (AvgIpc) is 2.84. The molecule has 0 radical (unpaired) electrons. The van der Waals surface area contributed by atoms with Gasteiger partial charge in [0.25, 0.3) is 5.91 Å². The second-order valence-corrected chi connectivity index (χ2v) is 7.56. The van der Waals surface area contributed by atoms with Crippen LogP contribution in [0.2, 0.25) is 0 Å². The summed E-state index contributed by atoms with van der Waals surface area (Å²) in [4.78, 5) is 12.6. The topological polar surface area (TPSA) is 50.4 Å². The molecule has 4 aromatic rings. The molecule has 0 aromatic heterocycles. The van der Waals surface area contributed by atoms with Gasteiger partial charge < -0.3 is 10.1 Å². The van der Waals surface area contributed by atoms with Crippen LogP contribution in [0.3, 0.4) is 0 Å². The molecular formula is C27H22N2O2S. The minimum atomic E-state index is -0.265. The fraction of sp³-hybridized carbons (Fsp3) is 0.0370. The molecule has 0 aliphatic carbocycles. The van der Waals surface area contributed by atoms with Crippen molar-refractivity contribution in [3.05, 3.63) is 120 Å². The third-order valence-corrected chi connectivity index (χ3v) is 5.03. The number of hydrogen-bond donors (Lipinski definition) is 2. The lowest BCUT2D eigenvalue weighted by Crippen LogP contribution is -2.34. The van der Waals surface area contributed by atoms with Crippen LogP contribution in [0.1, 0.15) is 15.9 Å². The molecule has 4 nitrogen and oxygen atoms in total. The van der Waals surface area contributed by atoms with E-state index in [1.54, 1.807) is 12.1 Å². The van der Waals surface area contributed by atoms with Crippen LogP contribution in [0.5, 0.6) is 5.75 Å². The molecule has 0 bridgehead atoms. The Morgan fingerprint density at radius 3 is 2.12 bits per heavy atom. The predicted molar refractivity (Wildman–Crippen MR) is 133 cm³/mol. The summed E-state index contributed by atoms with van der Waals surface area (Å²) < 4.78 is 5.84. The van der Waals surface area contributed by atoms with E-state index in [4.69, 9.17) is 17.0 Å². The Morgan fingerprint density at radius 1 is 0.750 bits per heavy atom. The summed E-state index contributed by atoms with van der Waals surface area (Å²) in [5, 5.41) is 5.98. The van der Waals surface area contributed by atoms with Gasteiger partial charge in [-0.05, 0) is 53.2 Å². The van der Waals surface area contributed by atoms with Crippen LogP contribution in [-0.2, 0) is 6.61 Å². The first-order valence-electron chi connectivity index (χ1n) is 10.2. The van der Waals surface area contributed by atoms with Crippen LogP contribution in [0.25, 0.3) is 11.1 Å². The number of rotatable bonds is 6. The van der Waals surface area contributed by atoms with Crippen molar-refractivity contribution < 1.29 is 9.53 Å². The molecule has 32 heavy (non-hydrogen) atoms. The summed E-state index contributed by atoms with van der Waals surface area (Å²) >= 11 is 5.32. The molecule has 0 spiro atoms. The third-order valence-electron chi connectivity index (χ3n) is 4.82. The van der Waals surface area contributed by atoms with Gasteiger partial charge in [-0.3, -0.25) is 10.1 Å². The molecule has 0 saturated heterocycles. The minimum absolute atomic E-state index is 0.224. The van der Waals surface area contributed by atoms with Crippen molar-refractivity contribution in [2.75, 3.05) is 5.32 Å². The van der Waals surface area contributed by atoms with Crippen molar-refractivity contribution in [3.8, 4) is 16.9 Å². The molecule has 158 valence electrons. The molecular weight excluding hydrogens is 416 g/mol. The standard InChI is InChI=1S/C27H22N2O2S/c30-26(23-16-14-22(15-17-23)21-10-5-2-6-11-21)29-27(32)28-24-12-7-13-25(18-24)31-19-20-8-3-1-4-9-20/h1-18H,19H2,(H2,28,29,30,32). The Bertz CT molecular complexity index is 1190. The molecule has 1 amide bonds. The van der Waals surface area contributed by atoms with Gasteiger partial charge in [0.15, 0.2) is 5.11 Å². The van der Waals surface area contributed by atoms with Gasteiger partial charge in [-0.15, -0.1) is 0 Å². The van der Waals surface area contributed by atoms with Crippen molar-refractivity contribution in [2.45, 2.75) is 6.61 Å². The molecule has 5 heteroatoms. The van der Waals surface area contributed by atoms with Gasteiger partial charge in [-0.2, -0.15) is 0 Å². The maximum atomic E-state index is 12.6. The van der Waals surface area contributed by atoms with Gasteiger partial charge in [-0.25, -0.2) is 0 Å². The van der Waals surface area contributed by atoms with Crippen molar-refractivity contribution in [1.82, 2.24) is 5.32 Å². The Kier molecular flexibility index (Phi) is 6.90. The normalized spacial score (nSPS) is 10.2. The maximum absolute atomic E-state index is 12.6. The molecule has 0 saturated carbocycles. The highest BCUT2D eigenvalue weighted by molar-refractivity contribution is 7.80. The highest BCUT2D eigenvalue weighted by Crippen LogP contribution is 2.20. The number of amides is 1. The summed E-state index contributed by atoms with van der Waals surface area (Å²) in [7, 11) is 0. The molecule has 2 N–H and O–H groups in total. The summed E-state index contributed by atoms with van der Waals surface area (Å²) in [6, 6.07) is 34.9. The highest BCUT2D eigenvalue weighted by Gasteiger charge is 2.09.